The van der Waals surface area contributed by atoms with E-state index in [4.69, 9.17) is 4.74 Å². The van der Waals surface area contributed by atoms with Crippen LogP contribution in [-0.2, 0) is 11.8 Å². The van der Waals surface area contributed by atoms with Crippen molar-refractivity contribution in [2.45, 2.75) is 38.0 Å². The number of rotatable bonds is 3. The fourth-order valence-electron chi connectivity index (χ4n) is 8.00. The summed E-state index contributed by atoms with van der Waals surface area (Å²) in [5.74, 6) is 2.22. The van der Waals surface area contributed by atoms with Gasteiger partial charge in [-0.2, -0.15) is 0 Å². The van der Waals surface area contributed by atoms with Gasteiger partial charge >= 0.3 is 0 Å². The van der Waals surface area contributed by atoms with Gasteiger partial charge in [0.15, 0.2) is 0 Å². The monoisotopic (exact) mass is 552 g/mol. The zero-order valence-corrected chi connectivity index (χ0v) is 24.5. The molecule has 0 saturated heterocycles. The Bertz CT molecular complexity index is 2100. The molecule has 3 aliphatic rings. The first-order chi connectivity index (χ1) is 21.1. The smallest absolute Gasteiger partial charge is 0.135 e. The average Bonchev–Trinajstić information content (AvgIpc) is 3.41. The lowest BCUT2D eigenvalue weighted by Crippen LogP contribution is -2.15. The van der Waals surface area contributed by atoms with E-state index < -0.39 is 0 Å². The molecule has 0 aromatic heterocycles. The summed E-state index contributed by atoms with van der Waals surface area (Å²) in [4.78, 5) is 0. The van der Waals surface area contributed by atoms with Gasteiger partial charge in [-0.25, -0.2) is 0 Å². The second-order valence-corrected chi connectivity index (χ2v) is 12.8. The molecule has 43 heavy (non-hydrogen) atoms. The molecule has 0 saturated carbocycles. The number of ether oxygens (including phenoxy) is 1. The lowest BCUT2D eigenvalue weighted by molar-refractivity contribution is 0.487. The molecule has 206 valence electrons. The molecule has 1 heteroatoms. The molecule has 2 aliphatic carbocycles. The minimum absolute atomic E-state index is 0.00223. The summed E-state index contributed by atoms with van der Waals surface area (Å²) in [7, 11) is 0. The molecule has 0 radical (unpaired) electrons. The Balaban J connectivity index is 1.10. The van der Waals surface area contributed by atoms with E-state index in [0.29, 0.717) is 5.92 Å². The number of aryl methyl sites for hydroxylation is 1. The van der Waals surface area contributed by atoms with E-state index in [0.717, 1.165) is 29.9 Å². The largest absolute Gasteiger partial charge is 0.456 e. The maximum atomic E-state index is 6.50. The van der Waals surface area contributed by atoms with Crippen molar-refractivity contribution in [1.82, 2.24) is 0 Å². The van der Waals surface area contributed by atoms with Gasteiger partial charge in [0.05, 0.1) is 0 Å². The van der Waals surface area contributed by atoms with Gasteiger partial charge < -0.3 is 4.74 Å². The molecule has 0 N–H and O–H groups in total. The first-order valence-corrected chi connectivity index (χ1v) is 15.4. The molecule has 9 rings (SSSR count). The molecule has 1 heterocycles. The van der Waals surface area contributed by atoms with Gasteiger partial charge in [-0.15, -0.1) is 0 Å². The zero-order valence-electron chi connectivity index (χ0n) is 24.5. The summed E-state index contributed by atoms with van der Waals surface area (Å²) in [5, 5.41) is 0. The summed E-state index contributed by atoms with van der Waals surface area (Å²) >= 11 is 0. The van der Waals surface area contributed by atoms with Gasteiger partial charge in [-0.3, -0.25) is 0 Å². The normalized spacial score (nSPS) is 16.0. The van der Waals surface area contributed by atoms with Crippen LogP contribution in [-0.4, -0.2) is 0 Å². The van der Waals surface area contributed by atoms with E-state index >= 15 is 0 Å². The van der Waals surface area contributed by atoms with Crippen molar-refractivity contribution in [3.8, 4) is 56.0 Å². The van der Waals surface area contributed by atoms with Crippen LogP contribution in [0.4, 0.5) is 0 Å². The van der Waals surface area contributed by atoms with E-state index in [9.17, 15) is 0 Å². The zero-order chi connectivity index (χ0) is 28.7. The molecule has 6 aromatic rings. The first-order valence-electron chi connectivity index (χ1n) is 15.4. The molecule has 1 aliphatic heterocycles. The Kier molecular flexibility index (Phi) is 5.20. The standard InChI is InChI=1S/C42H32O/c1-42(2)38-17-9-7-15-32(38)36-24-34-29-13-5-3-11-27(29)31(35(34)25-39(36)42)21-19-26-20-22-41-37(23-26)30-14-6-4-12-28(30)33-16-8-10-18-40(33)43-41/h3-18,20,22-25,31H,19,21H2,1-2H3. The van der Waals surface area contributed by atoms with Crippen LogP contribution in [0, 0.1) is 0 Å². The van der Waals surface area contributed by atoms with Gasteiger partial charge in [0, 0.05) is 22.5 Å². The average molecular weight is 553 g/mol. The number of hydrogen-bond acceptors (Lipinski definition) is 1. The second kappa shape index (κ2) is 9.06. The summed E-state index contributed by atoms with van der Waals surface area (Å²) in [6, 6.07) is 46.9. The Morgan fingerprint density at radius 3 is 1.98 bits per heavy atom. The quantitative estimate of drug-likeness (QED) is 0.212. The Labute approximate surface area is 253 Å². The highest BCUT2D eigenvalue weighted by atomic mass is 16.5. The molecular formula is C42H32O. The molecule has 6 aromatic carbocycles. The van der Waals surface area contributed by atoms with Crippen LogP contribution in [0.3, 0.4) is 0 Å². The topological polar surface area (TPSA) is 9.23 Å². The highest BCUT2D eigenvalue weighted by Gasteiger charge is 2.38. The van der Waals surface area contributed by atoms with Crippen LogP contribution in [0.25, 0.3) is 44.5 Å². The van der Waals surface area contributed by atoms with Crippen LogP contribution < -0.4 is 4.74 Å². The minimum Gasteiger partial charge on any atom is -0.456 e. The molecule has 0 amide bonds. The van der Waals surface area contributed by atoms with Crippen molar-refractivity contribution in [1.29, 1.82) is 0 Å². The molecule has 0 bridgehead atoms. The van der Waals surface area contributed by atoms with Crippen LogP contribution in [0.15, 0.2) is 127 Å². The van der Waals surface area contributed by atoms with Crippen LogP contribution in [0.2, 0.25) is 0 Å². The molecule has 0 fully saturated rings. The second-order valence-electron chi connectivity index (χ2n) is 12.8. The molecule has 1 unspecified atom stereocenters. The van der Waals surface area contributed by atoms with E-state index in [-0.39, 0.29) is 5.41 Å². The van der Waals surface area contributed by atoms with Crippen molar-refractivity contribution in [2.24, 2.45) is 0 Å². The number of hydrogen-bond donors (Lipinski definition) is 0. The van der Waals surface area contributed by atoms with Crippen molar-refractivity contribution in [3.63, 3.8) is 0 Å². The Hall–Kier alpha value is -4.88. The summed E-state index contributed by atoms with van der Waals surface area (Å²) in [6.07, 6.45) is 2.07. The van der Waals surface area contributed by atoms with Crippen molar-refractivity contribution >= 4 is 0 Å². The SMILES string of the molecule is CC1(C)c2ccccc2-c2cc3c(cc21)C(CCc1ccc2c(c1)-c1ccccc1-c1ccccc1O2)c1ccccc1-3. The van der Waals surface area contributed by atoms with Gasteiger partial charge in [-0.1, -0.05) is 117 Å². The maximum Gasteiger partial charge on any atom is 0.135 e. The van der Waals surface area contributed by atoms with Crippen LogP contribution in [0.1, 0.15) is 54.0 Å². The summed E-state index contributed by atoms with van der Waals surface area (Å²) < 4.78 is 6.50. The highest BCUT2D eigenvalue weighted by Crippen LogP contribution is 2.55. The van der Waals surface area contributed by atoms with Gasteiger partial charge in [0.25, 0.3) is 0 Å². The first kappa shape index (κ1) is 24.7. The third-order valence-electron chi connectivity index (χ3n) is 10.1. The number of benzene rings is 6. The Morgan fingerprint density at radius 1 is 0.488 bits per heavy atom. The van der Waals surface area contributed by atoms with E-state index in [2.05, 4.69) is 135 Å². The summed E-state index contributed by atoms with van der Waals surface area (Å²) in [6.45, 7) is 4.77. The minimum atomic E-state index is 0.00223. The van der Waals surface area contributed by atoms with Gasteiger partial charge in [0.2, 0.25) is 0 Å². The predicted octanol–water partition coefficient (Wildman–Crippen LogP) is 11.2. The van der Waals surface area contributed by atoms with Crippen molar-refractivity contribution in [2.75, 3.05) is 0 Å². The summed E-state index contributed by atoms with van der Waals surface area (Å²) in [5.41, 5.74) is 17.6. The fraction of sp³-hybridized carbons (Fsp3) is 0.143. The van der Waals surface area contributed by atoms with E-state index in [1.807, 2.05) is 6.07 Å². The van der Waals surface area contributed by atoms with Crippen molar-refractivity contribution in [3.05, 3.63) is 155 Å². The predicted molar refractivity (Wildman–Crippen MR) is 177 cm³/mol. The van der Waals surface area contributed by atoms with Crippen LogP contribution in [0.5, 0.6) is 11.5 Å². The number of fused-ring (bicyclic) bond motifs is 11. The van der Waals surface area contributed by atoms with E-state index in [1.165, 1.54) is 66.8 Å². The lowest BCUT2D eigenvalue weighted by atomic mass is 9.80. The molecule has 0 spiro atoms. The van der Waals surface area contributed by atoms with Gasteiger partial charge in [-0.05, 0) is 98.3 Å². The number of para-hydroxylation sites is 1. The molecular weight excluding hydrogens is 520 g/mol. The van der Waals surface area contributed by atoms with Gasteiger partial charge in [0.1, 0.15) is 11.5 Å². The molecule has 1 nitrogen and oxygen atoms in total. The maximum absolute atomic E-state index is 6.50. The van der Waals surface area contributed by atoms with Crippen molar-refractivity contribution < 1.29 is 4.74 Å². The third-order valence-corrected chi connectivity index (χ3v) is 10.1. The highest BCUT2D eigenvalue weighted by molar-refractivity contribution is 5.91. The third kappa shape index (κ3) is 3.58. The lowest BCUT2D eigenvalue weighted by Gasteiger charge is -2.23. The van der Waals surface area contributed by atoms with Crippen LogP contribution >= 0.6 is 0 Å². The Morgan fingerprint density at radius 2 is 1.14 bits per heavy atom. The fourth-order valence-corrected chi connectivity index (χ4v) is 8.00. The molecule has 1 atom stereocenters. The van der Waals surface area contributed by atoms with E-state index in [1.54, 1.807) is 0 Å².